The Hall–Kier alpha value is -4.43. The monoisotopic (exact) mass is 534 g/mol. The Morgan fingerprint density at radius 2 is 1.56 bits per heavy atom. The fraction of sp³-hybridized carbons (Fsp3) is 0.161. The van der Waals surface area contributed by atoms with E-state index < -0.39 is 4.92 Å². The van der Waals surface area contributed by atoms with Crippen LogP contribution in [-0.4, -0.2) is 28.1 Å². The Bertz CT molecular complexity index is 1590. The van der Waals surface area contributed by atoms with Gasteiger partial charge in [-0.2, -0.15) is 5.10 Å². The van der Waals surface area contributed by atoms with Crippen molar-refractivity contribution >= 4 is 40.4 Å². The highest BCUT2D eigenvalue weighted by atomic mass is 32.2. The van der Waals surface area contributed by atoms with Crippen LogP contribution in [0.2, 0.25) is 0 Å². The van der Waals surface area contributed by atoms with Crippen LogP contribution in [0.3, 0.4) is 0 Å². The van der Waals surface area contributed by atoms with E-state index in [1.807, 2.05) is 53.5 Å². The third-order valence-electron chi connectivity index (χ3n) is 7.30. The number of rotatable bonds is 5. The predicted octanol–water partition coefficient (Wildman–Crippen LogP) is 7.19. The van der Waals surface area contributed by atoms with Crippen molar-refractivity contribution in [2.45, 2.75) is 36.1 Å². The normalized spacial score (nSPS) is 15.9. The van der Waals surface area contributed by atoms with Crippen molar-refractivity contribution in [1.82, 2.24) is 5.01 Å². The number of nitro groups is 1. The van der Waals surface area contributed by atoms with E-state index in [-0.39, 0.29) is 24.2 Å². The molecule has 6 rings (SSSR count). The molecule has 8 heteroatoms. The lowest BCUT2D eigenvalue weighted by Gasteiger charge is -2.33. The van der Waals surface area contributed by atoms with Gasteiger partial charge in [0.25, 0.3) is 11.6 Å². The number of benzene rings is 4. The smallest absolute Gasteiger partial charge is 0.269 e. The van der Waals surface area contributed by atoms with Crippen LogP contribution in [0, 0.1) is 24.0 Å². The topological polar surface area (TPSA) is 79.0 Å². The molecule has 1 amide bonds. The van der Waals surface area contributed by atoms with Crippen LogP contribution in [0.5, 0.6) is 0 Å². The molecule has 0 fully saturated rings. The van der Waals surface area contributed by atoms with Gasteiger partial charge in [-0.05, 0) is 72.5 Å². The average molecular weight is 535 g/mol. The molecule has 194 valence electrons. The van der Waals surface area contributed by atoms with E-state index in [1.165, 1.54) is 23.3 Å². The number of para-hydroxylation sites is 2. The van der Waals surface area contributed by atoms with Crippen molar-refractivity contribution in [2.75, 3.05) is 11.4 Å². The fourth-order valence-electron chi connectivity index (χ4n) is 5.10. The molecule has 2 heterocycles. The molecular formula is C31H26N4O3S. The standard InChI is InChI=1S/C31H26N4O3S/c1-20-11-12-23(17-21(20)2)28-18-25(22-13-15-24(16-14-22)35(37)38)32-33(28)19-31(36)34-26-7-3-5-9-29(26)39-30-10-6-4-8-27(30)34/h3-17,28H,18-19H2,1-2H3. The van der Waals surface area contributed by atoms with E-state index in [1.54, 1.807) is 28.8 Å². The number of hydrazone groups is 1. The number of aryl methyl sites for hydroxylation is 2. The molecule has 0 N–H and O–H groups in total. The highest BCUT2D eigenvalue weighted by molar-refractivity contribution is 7.99. The van der Waals surface area contributed by atoms with Crippen molar-refractivity contribution in [1.29, 1.82) is 0 Å². The zero-order valence-corrected chi connectivity index (χ0v) is 22.4. The molecule has 0 radical (unpaired) electrons. The van der Waals surface area contributed by atoms with Gasteiger partial charge in [0.15, 0.2) is 0 Å². The second kappa shape index (κ2) is 10.0. The Kier molecular flexibility index (Phi) is 6.40. The molecule has 4 aromatic rings. The lowest BCUT2D eigenvalue weighted by Crippen LogP contribution is -2.37. The molecule has 7 nitrogen and oxygen atoms in total. The van der Waals surface area contributed by atoms with Crippen LogP contribution < -0.4 is 4.90 Å². The Morgan fingerprint density at radius 3 is 2.18 bits per heavy atom. The highest BCUT2D eigenvalue weighted by Crippen LogP contribution is 2.48. The van der Waals surface area contributed by atoms with Crippen molar-refractivity contribution in [3.63, 3.8) is 0 Å². The number of nitrogens with zero attached hydrogens (tertiary/aromatic N) is 4. The third-order valence-corrected chi connectivity index (χ3v) is 8.43. The molecule has 0 spiro atoms. The molecule has 39 heavy (non-hydrogen) atoms. The van der Waals surface area contributed by atoms with Gasteiger partial charge < -0.3 is 0 Å². The lowest BCUT2D eigenvalue weighted by atomic mass is 9.95. The van der Waals surface area contributed by atoms with Crippen molar-refractivity contribution < 1.29 is 9.72 Å². The van der Waals surface area contributed by atoms with Crippen LogP contribution in [0.4, 0.5) is 17.1 Å². The van der Waals surface area contributed by atoms with Gasteiger partial charge in [0, 0.05) is 28.3 Å². The van der Waals surface area contributed by atoms with E-state index in [0.717, 1.165) is 38.0 Å². The summed E-state index contributed by atoms with van der Waals surface area (Å²) in [6, 6.07) is 28.6. The lowest BCUT2D eigenvalue weighted by molar-refractivity contribution is -0.384. The van der Waals surface area contributed by atoms with Crippen molar-refractivity contribution in [2.24, 2.45) is 5.10 Å². The van der Waals surface area contributed by atoms with E-state index in [2.05, 4.69) is 32.0 Å². The number of non-ortho nitro benzene ring substituents is 1. The number of carbonyl (C=O) groups is 1. The molecule has 2 aliphatic heterocycles. The summed E-state index contributed by atoms with van der Waals surface area (Å²) in [5, 5.41) is 17.9. The second-order valence-electron chi connectivity index (χ2n) is 9.78. The first-order valence-electron chi connectivity index (χ1n) is 12.7. The fourth-order valence-corrected chi connectivity index (χ4v) is 6.15. The van der Waals surface area contributed by atoms with Gasteiger partial charge in [-0.1, -0.05) is 54.2 Å². The van der Waals surface area contributed by atoms with E-state index in [4.69, 9.17) is 5.10 Å². The minimum Gasteiger partial charge on any atom is -0.279 e. The zero-order valence-electron chi connectivity index (χ0n) is 21.6. The predicted molar refractivity (Wildman–Crippen MR) is 154 cm³/mol. The van der Waals surface area contributed by atoms with Crippen molar-refractivity contribution in [3.8, 4) is 0 Å². The summed E-state index contributed by atoms with van der Waals surface area (Å²) in [4.78, 5) is 28.7. The SMILES string of the molecule is Cc1ccc(C2CC(c3ccc([N+](=O)[O-])cc3)=NN2CC(=O)N2c3ccccc3Sc3ccccc32)cc1C. The molecule has 0 aliphatic carbocycles. The van der Waals surface area contributed by atoms with E-state index >= 15 is 0 Å². The minimum atomic E-state index is -0.407. The number of hydrogen-bond donors (Lipinski definition) is 0. The average Bonchev–Trinajstić information content (AvgIpc) is 3.36. The summed E-state index contributed by atoms with van der Waals surface area (Å²) in [6.45, 7) is 4.25. The Balaban J connectivity index is 1.37. The first kappa shape index (κ1) is 24.9. The molecule has 0 saturated heterocycles. The minimum absolute atomic E-state index is 0.0374. The number of amides is 1. The molecule has 1 unspecified atom stereocenters. The number of hydrogen-bond acceptors (Lipinski definition) is 6. The second-order valence-corrected chi connectivity index (χ2v) is 10.9. The maximum Gasteiger partial charge on any atom is 0.269 e. The zero-order chi connectivity index (χ0) is 27.1. The van der Waals surface area contributed by atoms with Crippen LogP contribution >= 0.6 is 11.8 Å². The molecule has 4 aromatic carbocycles. The first-order valence-corrected chi connectivity index (χ1v) is 13.6. The molecule has 0 bridgehead atoms. The summed E-state index contributed by atoms with van der Waals surface area (Å²) < 4.78 is 0. The first-order chi connectivity index (χ1) is 18.9. The quantitative estimate of drug-likeness (QED) is 0.200. The number of fused-ring (bicyclic) bond motifs is 2. The van der Waals surface area contributed by atoms with E-state index in [9.17, 15) is 14.9 Å². The van der Waals surface area contributed by atoms with Crippen LogP contribution in [-0.2, 0) is 4.79 Å². The Morgan fingerprint density at radius 1 is 0.923 bits per heavy atom. The van der Waals surface area contributed by atoms with Crippen LogP contribution in [0.1, 0.15) is 34.7 Å². The third kappa shape index (κ3) is 4.68. The van der Waals surface area contributed by atoms with Gasteiger partial charge in [-0.15, -0.1) is 0 Å². The summed E-state index contributed by atoms with van der Waals surface area (Å²) in [6.07, 6.45) is 0.594. The summed E-state index contributed by atoms with van der Waals surface area (Å²) in [5.74, 6) is -0.0715. The molecular weight excluding hydrogens is 508 g/mol. The van der Waals surface area contributed by atoms with Gasteiger partial charge in [-0.3, -0.25) is 24.8 Å². The molecule has 2 aliphatic rings. The maximum atomic E-state index is 14.1. The summed E-state index contributed by atoms with van der Waals surface area (Å²) in [7, 11) is 0. The molecule has 1 atom stereocenters. The number of carbonyl (C=O) groups excluding carboxylic acids is 1. The van der Waals surface area contributed by atoms with Gasteiger partial charge >= 0.3 is 0 Å². The largest absolute Gasteiger partial charge is 0.279 e. The van der Waals surface area contributed by atoms with E-state index in [0.29, 0.717) is 6.42 Å². The number of anilines is 2. The number of nitro benzene ring substituents is 1. The van der Waals surface area contributed by atoms with Gasteiger partial charge in [0.1, 0.15) is 6.54 Å². The van der Waals surface area contributed by atoms with Crippen LogP contribution in [0.25, 0.3) is 0 Å². The van der Waals surface area contributed by atoms with Gasteiger partial charge in [0.2, 0.25) is 0 Å². The maximum absolute atomic E-state index is 14.1. The Labute approximate surface area is 230 Å². The van der Waals surface area contributed by atoms with Crippen LogP contribution in [0.15, 0.2) is 106 Å². The summed E-state index contributed by atoms with van der Waals surface area (Å²) in [5.41, 5.74) is 6.86. The summed E-state index contributed by atoms with van der Waals surface area (Å²) >= 11 is 1.66. The van der Waals surface area contributed by atoms with Gasteiger partial charge in [-0.25, -0.2) is 0 Å². The van der Waals surface area contributed by atoms with Gasteiger partial charge in [0.05, 0.1) is 28.1 Å². The molecule has 0 aromatic heterocycles. The molecule has 0 saturated carbocycles. The highest BCUT2D eigenvalue weighted by Gasteiger charge is 2.34. The van der Waals surface area contributed by atoms with Crippen molar-refractivity contribution in [3.05, 3.63) is 123 Å².